The van der Waals surface area contributed by atoms with Crippen molar-refractivity contribution in [1.29, 1.82) is 0 Å². The number of ether oxygens (including phenoxy) is 1. The van der Waals surface area contributed by atoms with Crippen LogP contribution in [-0.2, 0) is 12.8 Å². The van der Waals surface area contributed by atoms with E-state index in [4.69, 9.17) is 4.74 Å². The van der Waals surface area contributed by atoms with Gasteiger partial charge in [0.05, 0.1) is 7.11 Å². The number of aliphatic hydroxyl groups is 1. The summed E-state index contributed by atoms with van der Waals surface area (Å²) in [5.41, 5.74) is 5.37. The van der Waals surface area contributed by atoms with Crippen LogP contribution in [0, 0.1) is 6.92 Å². The Kier molecular flexibility index (Phi) is 5.03. The highest BCUT2D eigenvalue weighted by Gasteiger charge is 2.18. The van der Waals surface area contributed by atoms with Gasteiger partial charge in [-0.1, -0.05) is 43.7 Å². The molecule has 0 saturated carbocycles. The Labute approximate surface area is 127 Å². The molecule has 0 bridgehead atoms. The van der Waals surface area contributed by atoms with Crippen molar-refractivity contribution in [3.63, 3.8) is 0 Å². The van der Waals surface area contributed by atoms with Gasteiger partial charge in [-0.25, -0.2) is 0 Å². The van der Waals surface area contributed by atoms with Crippen LogP contribution in [-0.4, -0.2) is 12.2 Å². The van der Waals surface area contributed by atoms with Crippen LogP contribution in [0.3, 0.4) is 0 Å². The Morgan fingerprint density at radius 1 is 1.00 bits per heavy atom. The van der Waals surface area contributed by atoms with Gasteiger partial charge in [-0.15, -0.1) is 0 Å². The standard InChI is InChI=1S/C19H24O2/c1-5-14-8-9-15(6-2)16(12-14)19(20)17-11-13(3)7-10-18(17)21-4/h7-12,19-20H,5-6H2,1-4H3. The van der Waals surface area contributed by atoms with E-state index in [0.717, 1.165) is 35.3 Å². The molecule has 0 aromatic heterocycles. The highest BCUT2D eigenvalue weighted by Crippen LogP contribution is 2.33. The summed E-state index contributed by atoms with van der Waals surface area (Å²) in [7, 11) is 1.64. The van der Waals surface area contributed by atoms with Crippen LogP contribution >= 0.6 is 0 Å². The highest BCUT2D eigenvalue weighted by atomic mass is 16.5. The average Bonchev–Trinajstić information content (AvgIpc) is 2.53. The van der Waals surface area contributed by atoms with Crippen molar-refractivity contribution in [1.82, 2.24) is 0 Å². The minimum Gasteiger partial charge on any atom is -0.496 e. The number of hydrogen-bond acceptors (Lipinski definition) is 2. The predicted molar refractivity (Wildman–Crippen MR) is 87.0 cm³/mol. The molecule has 0 radical (unpaired) electrons. The van der Waals surface area contributed by atoms with E-state index in [1.54, 1.807) is 7.11 Å². The maximum absolute atomic E-state index is 10.9. The van der Waals surface area contributed by atoms with Crippen LogP contribution in [0.15, 0.2) is 36.4 Å². The lowest BCUT2D eigenvalue weighted by atomic mass is 9.92. The Morgan fingerprint density at radius 2 is 1.76 bits per heavy atom. The summed E-state index contributed by atoms with van der Waals surface area (Å²) < 4.78 is 5.41. The van der Waals surface area contributed by atoms with Gasteiger partial charge in [0.25, 0.3) is 0 Å². The molecule has 0 aliphatic heterocycles. The van der Waals surface area contributed by atoms with Crippen LogP contribution in [0.25, 0.3) is 0 Å². The third-order valence-electron chi connectivity index (χ3n) is 3.97. The summed E-state index contributed by atoms with van der Waals surface area (Å²) in [6.45, 7) is 6.27. The lowest BCUT2D eigenvalue weighted by Gasteiger charge is -2.19. The van der Waals surface area contributed by atoms with Gasteiger partial charge in [0.2, 0.25) is 0 Å². The van der Waals surface area contributed by atoms with E-state index >= 15 is 0 Å². The lowest BCUT2D eigenvalue weighted by Crippen LogP contribution is -2.06. The first kappa shape index (κ1) is 15.6. The van der Waals surface area contributed by atoms with Gasteiger partial charge < -0.3 is 9.84 Å². The first-order valence-corrected chi connectivity index (χ1v) is 7.55. The minimum atomic E-state index is -0.652. The summed E-state index contributed by atoms with van der Waals surface area (Å²) in [6.07, 6.45) is 1.22. The normalized spacial score (nSPS) is 12.2. The molecule has 2 heteroatoms. The van der Waals surface area contributed by atoms with Crippen LogP contribution in [0.1, 0.15) is 47.8 Å². The second kappa shape index (κ2) is 6.77. The molecule has 2 aromatic carbocycles. The molecular formula is C19H24O2. The molecule has 0 spiro atoms. The molecule has 2 aromatic rings. The Hall–Kier alpha value is -1.80. The highest BCUT2D eigenvalue weighted by molar-refractivity contribution is 5.45. The Balaban J connectivity index is 2.53. The number of aryl methyl sites for hydroxylation is 3. The topological polar surface area (TPSA) is 29.5 Å². The molecule has 1 atom stereocenters. The van der Waals surface area contributed by atoms with Gasteiger partial charge >= 0.3 is 0 Å². The Morgan fingerprint density at radius 3 is 2.38 bits per heavy atom. The van der Waals surface area contributed by atoms with Crippen LogP contribution in [0.4, 0.5) is 0 Å². The average molecular weight is 284 g/mol. The minimum absolute atomic E-state index is 0.652. The quantitative estimate of drug-likeness (QED) is 0.891. The third-order valence-corrected chi connectivity index (χ3v) is 3.97. The maximum atomic E-state index is 10.9. The van der Waals surface area contributed by atoms with E-state index in [0.29, 0.717) is 0 Å². The van der Waals surface area contributed by atoms with Crippen molar-refractivity contribution in [3.8, 4) is 5.75 Å². The zero-order chi connectivity index (χ0) is 15.4. The van der Waals surface area contributed by atoms with Crippen molar-refractivity contribution in [3.05, 3.63) is 64.2 Å². The summed E-state index contributed by atoms with van der Waals surface area (Å²) in [4.78, 5) is 0. The Bertz CT molecular complexity index is 617. The second-order valence-corrected chi connectivity index (χ2v) is 5.39. The van der Waals surface area contributed by atoms with Crippen LogP contribution < -0.4 is 4.74 Å². The molecule has 0 amide bonds. The smallest absolute Gasteiger partial charge is 0.125 e. The zero-order valence-corrected chi connectivity index (χ0v) is 13.3. The fourth-order valence-corrected chi connectivity index (χ4v) is 2.68. The number of rotatable bonds is 5. The van der Waals surface area contributed by atoms with Crippen molar-refractivity contribution in [2.24, 2.45) is 0 Å². The molecule has 0 fully saturated rings. The number of methoxy groups -OCH3 is 1. The number of benzene rings is 2. The van der Waals surface area contributed by atoms with Crippen molar-refractivity contribution >= 4 is 0 Å². The van der Waals surface area contributed by atoms with Crippen LogP contribution in [0.2, 0.25) is 0 Å². The largest absolute Gasteiger partial charge is 0.496 e. The third kappa shape index (κ3) is 3.27. The van der Waals surface area contributed by atoms with Gasteiger partial charge in [-0.2, -0.15) is 0 Å². The van der Waals surface area contributed by atoms with E-state index in [-0.39, 0.29) is 0 Å². The van der Waals surface area contributed by atoms with Crippen molar-refractivity contribution < 1.29 is 9.84 Å². The SMILES string of the molecule is CCc1ccc(CC)c(C(O)c2cc(C)ccc2OC)c1. The van der Waals surface area contributed by atoms with E-state index in [9.17, 15) is 5.11 Å². The summed E-state index contributed by atoms with van der Waals surface area (Å²) in [5.74, 6) is 0.733. The predicted octanol–water partition coefficient (Wildman–Crippen LogP) is 4.21. The van der Waals surface area contributed by atoms with E-state index in [2.05, 4.69) is 32.0 Å². The number of aliphatic hydroxyl groups excluding tert-OH is 1. The summed E-state index contributed by atoms with van der Waals surface area (Å²) >= 11 is 0. The fourth-order valence-electron chi connectivity index (χ4n) is 2.68. The molecule has 2 rings (SSSR count). The van der Waals surface area contributed by atoms with Crippen LogP contribution in [0.5, 0.6) is 5.75 Å². The first-order valence-electron chi connectivity index (χ1n) is 7.55. The molecule has 1 unspecified atom stereocenters. The van der Waals surface area contributed by atoms with Gasteiger partial charge in [-0.05, 0) is 48.6 Å². The van der Waals surface area contributed by atoms with E-state index in [1.807, 2.05) is 25.1 Å². The maximum Gasteiger partial charge on any atom is 0.125 e. The first-order chi connectivity index (χ1) is 10.1. The molecule has 1 N–H and O–H groups in total. The lowest BCUT2D eigenvalue weighted by molar-refractivity contribution is 0.213. The van der Waals surface area contributed by atoms with E-state index in [1.165, 1.54) is 11.1 Å². The summed E-state index contributed by atoms with van der Waals surface area (Å²) in [5, 5.41) is 10.9. The van der Waals surface area contributed by atoms with Gasteiger partial charge in [0.15, 0.2) is 0 Å². The zero-order valence-electron chi connectivity index (χ0n) is 13.3. The summed E-state index contributed by atoms with van der Waals surface area (Å²) in [6, 6.07) is 12.3. The van der Waals surface area contributed by atoms with Gasteiger partial charge in [0.1, 0.15) is 11.9 Å². The van der Waals surface area contributed by atoms with Gasteiger partial charge in [0, 0.05) is 5.56 Å². The molecule has 112 valence electrons. The van der Waals surface area contributed by atoms with E-state index < -0.39 is 6.10 Å². The fraction of sp³-hybridized carbons (Fsp3) is 0.368. The van der Waals surface area contributed by atoms with Crippen molar-refractivity contribution in [2.45, 2.75) is 39.7 Å². The van der Waals surface area contributed by atoms with Gasteiger partial charge in [-0.3, -0.25) is 0 Å². The monoisotopic (exact) mass is 284 g/mol. The molecule has 21 heavy (non-hydrogen) atoms. The second-order valence-electron chi connectivity index (χ2n) is 5.39. The molecule has 2 nitrogen and oxygen atoms in total. The molecule has 0 saturated heterocycles. The number of hydrogen-bond donors (Lipinski definition) is 1. The molecular weight excluding hydrogens is 260 g/mol. The molecule has 0 aliphatic carbocycles. The molecule has 0 heterocycles. The molecule has 0 aliphatic rings. The van der Waals surface area contributed by atoms with Crippen molar-refractivity contribution in [2.75, 3.05) is 7.11 Å².